The van der Waals surface area contributed by atoms with Gasteiger partial charge in [-0.2, -0.15) is 0 Å². The Morgan fingerprint density at radius 2 is 1.89 bits per heavy atom. The third-order valence-electron chi connectivity index (χ3n) is 3.01. The first-order valence-electron chi connectivity index (χ1n) is 6.29. The lowest BCUT2D eigenvalue weighted by Crippen LogP contribution is -2.51. The molecule has 1 fully saturated rings. The quantitative estimate of drug-likeness (QED) is 0.707. The van der Waals surface area contributed by atoms with Gasteiger partial charge in [-0.1, -0.05) is 0 Å². The van der Waals surface area contributed by atoms with Crippen LogP contribution in [0.15, 0.2) is 0 Å². The molecule has 1 aliphatic rings. The van der Waals surface area contributed by atoms with E-state index in [-0.39, 0.29) is 17.9 Å². The fraction of sp³-hybridized carbons (Fsp3) is 0.833. The molecule has 1 aliphatic heterocycles. The molecule has 0 aromatic rings. The SMILES string of the molecule is COCC(C)NC(=O)CN1CCN(C(C)=O)CC1. The molecular formula is C12H23N3O3. The minimum atomic E-state index is 0.0100. The van der Waals surface area contributed by atoms with Crippen LogP contribution in [0, 0.1) is 0 Å². The third kappa shape index (κ3) is 5.01. The van der Waals surface area contributed by atoms with Crippen LogP contribution in [0.25, 0.3) is 0 Å². The van der Waals surface area contributed by atoms with Gasteiger partial charge in [0, 0.05) is 46.3 Å². The van der Waals surface area contributed by atoms with Gasteiger partial charge in [0.15, 0.2) is 0 Å². The Balaban J connectivity index is 2.24. The smallest absolute Gasteiger partial charge is 0.234 e. The van der Waals surface area contributed by atoms with E-state index in [1.54, 1.807) is 14.0 Å². The summed E-state index contributed by atoms with van der Waals surface area (Å²) in [4.78, 5) is 26.8. The molecule has 1 unspecified atom stereocenters. The summed E-state index contributed by atoms with van der Waals surface area (Å²) in [6.45, 7) is 7.32. The number of carbonyl (C=O) groups excluding carboxylic acids is 2. The Kier molecular flexibility index (Phi) is 6.07. The summed E-state index contributed by atoms with van der Waals surface area (Å²) in [6, 6.07) is 0.0287. The average Bonchev–Trinajstić information content (AvgIpc) is 2.29. The second-order valence-electron chi connectivity index (χ2n) is 4.71. The molecule has 1 N–H and O–H groups in total. The molecule has 1 heterocycles. The number of nitrogens with zero attached hydrogens (tertiary/aromatic N) is 2. The van der Waals surface area contributed by atoms with Crippen molar-refractivity contribution in [2.45, 2.75) is 19.9 Å². The highest BCUT2D eigenvalue weighted by Gasteiger charge is 2.20. The van der Waals surface area contributed by atoms with Crippen LogP contribution in [0.4, 0.5) is 0 Å². The number of nitrogens with one attached hydrogen (secondary N) is 1. The number of piperazine rings is 1. The molecule has 1 saturated heterocycles. The van der Waals surface area contributed by atoms with Crippen LogP contribution in [-0.2, 0) is 14.3 Å². The van der Waals surface area contributed by atoms with Gasteiger partial charge in [0.1, 0.15) is 0 Å². The number of ether oxygens (including phenoxy) is 1. The van der Waals surface area contributed by atoms with E-state index in [1.807, 2.05) is 11.8 Å². The standard InChI is InChI=1S/C12H23N3O3/c1-10(9-18-3)13-12(17)8-14-4-6-15(7-5-14)11(2)16/h10H,4-9H2,1-3H3,(H,13,17). The minimum Gasteiger partial charge on any atom is -0.383 e. The van der Waals surface area contributed by atoms with Crippen molar-refractivity contribution in [1.29, 1.82) is 0 Å². The molecule has 0 aliphatic carbocycles. The van der Waals surface area contributed by atoms with Crippen LogP contribution in [0.2, 0.25) is 0 Å². The van der Waals surface area contributed by atoms with Crippen molar-refractivity contribution in [2.75, 3.05) is 46.4 Å². The number of carbonyl (C=O) groups is 2. The summed E-state index contributed by atoms with van der Waals surface area (Å²) in [6.07, 6.45) is 0. The van der Waals surface area contributed by atoms with Crippen LogP contribution >= 0.6 is 0 Å². The molecule has 6 heteroatoms. The van der Waals surface area contributed by atoms with E-state index in [4.69, 9.17) is 4.74 Å². The van der Waals surface area contributed by atoms with E-state index < -0.39 is 0 Å². The van der Waals surface area contributed by atoms with Crippen LogP contribution in [0.5, 0.6) is 0 Å². The number of hydrogen-bond acceptors (Lipinski definition) is 4. The van der Waals surface area contributed by atoms with Crippen molar-refractivity contribution in [2.24, 2.45) is 0 Å². The molecular weight excluding hydrogens is 234 g/mol. The largest absolute Gasteiger partial charge is 0.383 e. The van der Waals surface area contributed by atoms with Gasteiger partial charge in [0.2, 0.25) is 11.8 Å². The van der Waals surface area contributed by atoms with Crippen molar-refractivity contribution < 1.29 is 14.3 Å². The molecule has 0 spiro atoms. The highest BCUT2D eigenvalue weighted by atomic mass is 16.5. The molecule has 2 amide bonds. The highest BCUT2D eigenvalue weighted by molar-refractivity contribution is 5.78. The molecule has 1 rings (SSSR count). The van der Waals surface area contributed by atoms with Gasteiger partial charge in [-0.15, -0.1) is 0 Å². The van der Waals surface area contributed by atoms with E-state index in [0.29, 0.717) is 26.2 Å². The van der Waals surface area contributed by atoms with E-state index >= 15 is 0 Å². The zero-order valence-corrected chi connectivity index (χ0v) is 11.4. The van der Waals surface area contributed by atoms with Crippen molar-refractivity contribution >= 4 is 11.8 Å². The molecule has 0 aromatic heterocycles. The first-order valence-corrected chi connectivity index (χ1v) is 6.29. The maximum atomic E-state index is 11.7. The maximum Gasteiger partial charge on any atom is 0.234 e. The van der Waals surface area contributed by atoms with E-state index in [0.717, 1.165) is 13.1 Å². The normalized spacial score (nSPS) is 18.5. The molecule has 1 atom stereocenters. The number of amides is 2. The Hall–Kier alpha value is -1.14. The topological polar surface area (TPSA) is 61.9 Å². The zero-order chi connectivity index (χ0) is 13.5. The van der Waals surface area contributed by atoms with E-state index in [2.05, 4.69) is 10.2 Å². The monoisotopic (exact) mass is 257 g/mol. The number of rotatable bonds is 5. The molecule has 18 heavy (non-hydrogen) atoms. The lowest BCUT2D eigenvalue weighted by atomic mass is 10.3. The van der Waals surface area contributed by atoms with Crippen molar-refractivity contribution in [3.63, 3.8) is 0 Å². The lowest BCUT2D eigenvalue weighted by molar-refractivity contribution is -0.131. The molecule has 0 bridgehead atoms. The Labute approximate surface area is 108 Å². The summed E-state index contributed by atoms with van der Waals surface area (Å²) in [5.41, 5.74) is 0. The molecule has 0 saturated carbocycles. The molecule has 104 valence electrons. The maximum absolute atomic E-state index is 11.7. The Morgan fingerprint density at radius 3 is 2.39 bits per heavy atom. The molecule has 6 nitrogen and oxygen atoms in total. The first kappa shape index (κ1) is 14.9. The summed E-state index contributed by atoms with van der Waals surface area (Å²) in [7, 11) is 1.61. The number of hydrogen-bond donors (Lipinski definition) is 1. The van der Waals surface area contributed by atoms with Gasteiger partial charge in [0.05, 0.1) is 13.2 Å². The van der Waals surface area contributed by atoms with Crippen LogP contribution in [0.3, 0.4) is 0 Å². The fourth-order valence-electron chi connectivity index (χ4n) is 2.04. The van der Waals surface area contributed by atoms with Crippen molar-refractivity contribution in [3.8, 4) is 0 Å². The Bertz CT molecular complexity index is 288. The lowest BCUT2D eigenvalue weighted by Gasteiger charge is -2.33. The van der Waals surface area contributed by atoms with Crippen LogP contribution < -0.4 is 5.32 Å². The predicted molar refractivity (Wildman–Crippen MR) is 68.2 cm³/mol. The number of methoxy groups -OCH3 is 1. The summed E-state index contributed by atoms with van der Waals surface area (Å²) < 4.78 is 4.96. The van der Waals surface area contributed by atoms with Gasteiger partial charge >= 0.3 is 0 Å². The predicted octanol–water partition coefficient (Wildman–Crippen LogP) is -0.698. The molecule has 0 radical (unpaired) electrons. The van der Waals surface area contributed by atoms with E-state index in [9.17, 15) is 9.59 Å². The highest BCUT2D eigenvalue weighted by Crippen LogP contribution is 2.01. The average molecular weight is 257 g/mol. The third-order valence-corrected chi connectivity index (χ3v) is 3.01. The second-order valence-corrected chi connectivity index (χ2v) is 4.71. The van der Waals surface area contributed by atoms with E-state index in [1.165, 1.54) is 0 Å². The summed E-state index contributed by atoms with van der Waals surface area (Å²) in [5, 5.41) is 2.88. The van der Waals surface area contributed by atoms with Crippen LogP contribution in [0.1, 0.15) is 13.8 Å². The second kappa shape index (κ2) is 7.33. The fourth-order valence-corrected chi connectivity index (χ4v) is 2.04. The van der Waals surface area contributed by atoms with Gasteiger partial charge in [-0.25, -0.2) is 0 Å². The summed E-state index contributed by atoms with van der Waals surface area (Å²) >= 11 is 0. The van der Waals surface area contributed by atoms with Gasteiger partial charge in [0.25, 0.3) is 0 Å². The van der Waals surface area contributed by atoms with Crippen LogP contribution in [-0.4, -0.2) is 74.1 Å². The first-order chi connectivity index (χ1) is 8.52. The van der Waals surface area contributed by atoms with Gasteiger partial charge < -0.3 is 15.0 Å². The minimum absolute atomic E-state index is 0.0100. The van der Waals surface area contributed by atoms with Crippen molar-refractivity contribution in [1.82, 2.24) is 15.1 Å². The Morgan fingerprint density at radius 1 is 1.28 bits per heavy atom. The van der Waals surface area contributed by atoms with Crippen molar-refractivity contribution in [3.05, 3.63) is 0 Å². The zero-order valence-electron chi connectivity index (χ0n) is 11.4. The summed E-state index contributed by atoms with van der Waals surface area (Å²) in [5.74, 6) is 0.114. The molecule has 0 aromatic carbocycles. The van der Waals surface area contributed by atoms with Gasteiger partial charge in [-0.05, 0) is 6.92 Å². The van der Waals surface area contributed by atoms with Gasteiger partial charge in [-0.3, -0.25) is 14.5 Å².